The SMILES string of the molecule is N#C[C@H](C(=O)C=C(C1CC1)C1CC1)c1ccc(C(F)(F)F)cn1. The van der Waals surface area contributed by atoms with Crippen LogP contribution in [-0.2, 0) is 11.0 Å². The Hall–Kier alpha value is -2.16. The number of ketones is 1. The number of nitrogens with zero attached hydrogens (tertiary/aromatic N) is 2. The van der Waals surface area contributed by atoms with E-state index in [-0.39, 0.29) is 11.5 Å². The van der Waals surface area contributed by atoms with Crippen molar-refractivity contribution >= 4 is 5.78 Å². The fourth-order valence-electron chi connectivity index (χ4n) is 2.67. The van der Waals surface area contributed by atoms with Gasteiger partial charge in [0, 0.05) is 6.20 Å². The zero-order chi connectivity index (χ0) is 16.6. The van der Waals surface area contributed by atoms with E-state index in [1.54, 1.807) is 6.08 Å². The molecule has 0 radical (unpaired) electrons. The first kappa shape index (κ1) is 15.7. The molecule has 0 unspecified atom stereocenters. The molecule has 120 valence electrons. The topological polar surface area (TPSA) is 53.8 Å². The molecule has 0 spiro atoms. The van der Waals surface area contributed by atoms with Gasteiger partial charge < -0.3 is 0 Å². The molecule has 23 heavy (non-hydrogen) atoms. The van der Waals surface area contributed by atoms with E-state index in [4.69, 9.17) is 0 Å². The zero-order valence-corrected chi connectivity index (χ0v) is 12.3. The summed E-state index contributed by atoms with van der Waals surface area (Å²) in [7, 11) is 0. The molecule has 0 amide bonds. The molecule has 6 heteroatoms. The molecule has 3 nitrogen and oxygen atoms in total. The van der Waals surface area contributed by atoms with Crippen LogP contribution < -0.4 is 0 Å². The number of allylic oxidation sites excluding steroid dienone is 2. The normalized spacial score (nSPS) is 18.9. The van der Waals surface area contributed by atoms with Crippen molar-refractivity contribution < 1.29 is 18.0 Å². The second kappa shape index (κ2) is 5.80. The Labute approximate surface area is 131 Å². The lowest BCUT2D eigenvalue weighted by Gasteiger charge is -2.10. The Bertz CT molecular complexity index is 663. The molecule has 1 atom stereocenters. The van der Waals surface area contributed by atoms with Gasteiger partial charge in [-0.05, 0) is 55.7 Å². The van der Waals surface area contributed by atoms with Gasteiger partial charge >= 0.3 is 6.18 Å². The number of aromatic nitrogens is 1. The summed E-state index contributed by atoms with van der Waals surface area (Å²) in [4.78, 5) is 16.0. The number of pyridine rings is 1. The van der Waals surface area contributed by atoms with E-state index in [9.17, 15) is 23.2 Å². The second-order valence-electron chi connectivity index (χ2n) is 6.13. The van der Waals surface area contributed by atoms with E-state index in [0.717, 1.165) is 43.4 Å². The summed E-state index contributed by atoms with van der Waals surface area (Å²) in [5.74, 6) is -0.629. The molecule has 0 N–H and O–H groups in total. The highest BCUT2D eigenvalue weighted by Gasteiger charge is 2.37. The number of nitriles is 1. The van der Waals surface area contributed by atoms with Gasteiger partial charge in [0.25, 0.3) is 0 Å². The van der Waals surface area contributed by atoms with Crippen LogP contribution in [0.25, 0.3) is 0 Å². The molecule has 2 aliphatic carbocycles. The van der Waals surface area contributed by atoms with E-state index >= 15 is 0 Å². The maximum atomic E-state index is 12.5. The van der Waals surface area contributed by atoms with Gasteiger partial charge in [0.15, 0.2) is 11.7 Å². The van der Waals surface area contributed by atoms with Crippen molar-refractivity contribution in [2.45, 2.75) is 37.8 Å². The molecule has 0 aliphatic heterocycles. The zero-order valence-electron chi connectivity index (χ0n) is 12.3. The van der Waals surface area contributed by atoms with Gasteiger partial charge in [-0.1, -0.05) is 5.57 Å². The molecule has 1 aromatic heterocycles. The minimum atomic E-state index is -4.48. The van der Waals surface area contributed by atoms with Crippen LogP contribution >= 0.6 is 0 Å². The third-order valence-corrected chi connectivity index (χ3v) is 4.23. The van der Waals surface area contributed by atoms with Gasteiger partial charge in [-0.3, -0.25) is 9.78 Å². The Morgan fingerprint density at radius 1 is 1.26 bits per heavy atom. The second-order valence-corrected chi connectivity index (χ2v) is 6.13. The standard InChI is InChI=1S/C17H15F3N2O/c18-17(19,20)12-5-6-15(22-9-12)14(8-21)16(23)7-13(10-1-2-10)11-3-4-11/h5-7,9-11,14H,1-4H2/t14-/m0/s1. The summed E-state index contributed by atoms with van der Waals surface area (Å²) < 4.78 is 37.6. The lowest BCUT2D eigenvalue weighted by Crippen LogP contribution is -2.13. The Balaban J connectivity index is 1.80. The summed E-state index contributed by atoms with van der Waals surface area (Å²) in [6.45, 7) is 0. The first-order chi connectivity index (χ1) is 10.9. The number of rotatable bonds is 5. The van der Waals surface area contributed by atoms with Gasteiger partial charge in [0.05, 0.1) is 17.3 Å². The van der Waals surface area contributed by atoms with Crippen LogP contribution in [0.3, 0.4) is 0 Å². The fraction of sp³-hybridized carbons (Fsp3) is 0.471. The van der Waals surface area contributed by atoms with Crippen LogP contribution in [-0.4, -0.2) is 10.8 Å². The van der Waals surface area contributed by atoms with Crippen LogP contribution in [0.4, 0.5) is 13.2 Å². The Kier molecular flexibility index (Phi) is 3.97. The molecule has 1 aromatic rings. The minimum Gasteiger partial charge on any atom is -0.293 e. The Morgan fingerprint density at radius 2 is 1.87 bits per heavy atom. The van der Waals surface area contributed by atoms with Crippen LogP contribution in [0.5, 0.6) is 0 Å². The van der Waals surface area contributed by atoms with E-state index in [2.05, 4.69) is 4.98 Å². The summed E-state index contributed by atoms with van der Waals surface area (Å²) in [5.41, 5.74) is 0.285. The highest BCUT2D eigenvalue weighted by Crippen LogP contribution is 2.48. The minimum absolute atomic E-state index is 0.0627. The van der Waals surface area contributed by atoms with Crippen molar-refractivity contribution in [3.05, 3.63) is 41.2 Å². The number of alkyl halides is 3. The van der Waals surface area contributed by atoms with Gasteiger partial charge in [-0.2, -0.15) is 18.4 Å². The number of hydrogen-bond acceptors (Lipinski definition) is 3. The Morgan fingerprint density at radius 3 is 2.26 bits per heavy atom. The molecule has 2 saturated carbocycles. The maximum Gasteiger partial charge on any atom is 0.417 e. The first-order valence-electron chi connectivity index (χ1n) is 7.58. The van der Waals surface area contributed by atoms with E-state index in [1.165, 1.54) is 0 Å². The smallest absolute Gasteiger partial charge is 0.293 e. The van der Waals surface area contributed by atoms with Crippen molar-refractivity contribution in [3.63, 3.8) is 0 Å². The van der Waals surface area contributed by atoms with E-state index in [1.807, 2.05) is 6.07 Å². The number of carbonyl (C=O) groups excluding carboxylic acids is 1. The van der Waals surface area contributed by atoms with Crippen LogP contribution in [0.2, 0.25) is 0 Å². The fourth-order valence-corrected chi connectivity index (χ4v) is 2.67. The highest BCUT2D eigenvalue weighted by molar-refractivity contribution is 5.97. The van der Waals surface area contributed by atoms with Gasteiger partial charge in [0.1, 0.15) is 0 Å². The molecule has 1 heterocycles. The van der Waals surface area contributed by atoms with Gasteiger partial charge in [-0.25, -0.2) is 0 Å². The highest BCUT2D eigenvalue weighted by atomic mass is 19.4. The lowest BCUT2D eigenvalue weighted by molar-refractivity contribution is -0.137. The third kappa shape index (κ3) is 3.61. The van der Waals surface area contributed by atoms with Crippen molar-refractivity contribution in [2.75, 3.05) is 0 Å². The van der Waals surface area contributed by atoms with E-state index in [0.29, 0.717) is 18.0 Å². The van der Waals surface area contributed by atoms with Crippen molar-refractivity contribution in [1.82, 2.24) is 4.98 Å². The maximum absolute atomic E-state index is 12.5. The summed E-state index contributed by atoms with van der Waals surface area (Å²) in [6.07, 6.45) is 2.03. The van der Waals surface area contributed by atoms with Gasteiger partial charge in [0.2, 0.25) is 0 Å². The predicted octanol–water partition coefficient (Wildman–Crippen LogP) is 4.02. The average Bonchev–Trinajstić information content (AvgIpc) is 3.38. The molecule has 2 aliphatic rings. The predicted molar refractivity (Wildman–Crippen MR) is 76.1 cm³/mol. The molecule has 0 aromatic carbocycles. The van der Waals surface area contributed by atoms with Crippen LogP contribution in [0.15, 0.2) is 30.0 Å². The molecule has 0 bridgehead atoms. The van der Waals surface area contributed by atoms with E-state index < -0.39 is 17.7 Å². The third-order valence-electron chi connectivity index (χ3n) is 4.23. The first-order valence-corrected chi connectivity index (χ1v) is 7.58. The monoisotopic (exact) mass is 320 g/mol. The summed E-state index contributed by atoms with van der Waals surface area (Å²) in [5, 5.41) is 9.24. The van der Waals surface area contributed by atoms with Crippen LogP contribution in [0, 0.1) is 23.2 Å². The van der Waals surface area contributed by atoms with Crippen molar-refractivity contribution in [3.8, 4) is 6.07 Å². The largest absolute Gasteiger partial charge is 0.417 e. The molecular formula is C17H15F3N2O. The molecule has 0 saturated heterocycles. The number of hydrogen-bond donors (Lipinski definition) is 0. The van der Waals surface area contributed by atoms with Gasteiger partial charge in [-0.15, -0.1) is 0 Å². The molecule has 3 rings (SSSR count). The summed E-state index contributed by atoms with van der Waals surface area (Å²) >= 11 is 0. The quantitative estimate of drug-likeness (QED) is 0.770. The number of carbonyl (C=O) groups is 1. The van der Waals surface area contributed by atoms with Crippen molar-refractivity contribution in [1.29, 1.82) is 5.26 Å². The number of halogens is 3. The van der Waals surface area contributed by atoms with Crippen molar-refractivity contribution in [2.24, 2.45) is 11.8 Å². The molecular weight excluding hydrogens is 305 g/mol. The summed E-state index contributed by atoms with van der Waals surface area (Å²) in [6, 6.07) is 3.82. The lowest BCUT2D eigenvalue weighted by atomic mass is 9.96. The van der Waals surface area contributed by atoms with Crippen LogP contribution in [0.1, 0.15) is 42.9 Å². The molecule has 2 fully saturated rings. The average molecular weight is 320 g/mol.